The van der Waals surface area contributed by atoms with Gasteiger partial charge in [-0.15, -0.1) is 0 Å². The van der Waals surface area contributed by atoms with Crippen LogP contribution < -0.4 is 0 Å². The fourth-order valence-corrected chi connectivity index (χ4v) is 5.09. The number of hydrogen-bond acceptors (Lipinski definition) is 6. The Kier molecular flexibility index (Phi) is 6.92. The standard InChI is InChI=1S/C18H24F3N3O4S2/c1-13(2)10-22(11-18(19,20)21)12-24-15-9-14(3-4-16(15)28-17(24)29)30(25,26)23-5-7-27-8-6-23/h3-4,9,13H,5-8,10-12H2,1-2H3. The first-order chi connectivity index (χ1) is 14.0. The van der Waals surface area contributed by atoms with Crippen molar-refractivity contribution < 1.29 is 30.7 Å². The summed E-state index contributed by atoms with van der Waals surface area (Å²) in [5.74, 6) is -0.00283. The number of halogens is 3. The molecule has 0 saturated carbocycles. The Balaban J connectivity index is 1.97. The lowest BCUT2D eigenvalue weighted by molar-refractivity contribution is -0.150. The molecule has 2 aromatic rings. The van der Waals surface area contributed by atoms with E-state index in [1.165, 1.54) is 32.0 Å². The van der Waals surface area contributed by atoms with Crippen LogP contribution >= 0.6 is 12.2 Å². The van der Waals surface area contributed by atoms with Crippen LogP contribution in [-0.4, -0.2) is 67.8 Å². The van der Waals surface area contributed by atoms with Gasteiger partial charge in [0, 0.05) is 19.6 Å². The van der Waals surface area contributed by atoms with Crippen molar-refractivity contribution in [1.82, 2.24) is 13.8 Å². The topological polar surface area (TPSA) is 67.9 Å². The van der Waals surface area contributed by atoms with Crippen molar-refractivity contribution >= 4 is 33.3 Å². The first-order valence-corrected chi connectivity index (χ1v) is 11.3. The number of alkyl halides is 3. The van der Waals surface area contributed by atoms with Crippen molar-refractivity contribution in [3.05, 3.63) is 23.0 Å². The van der Waals surface area contributed by atoms with Gasteiger partial charge in [-0.3, -0.25) is 9.47 Å². The minimum Gasteiger partial charge on any atom is -0.429 e. The summed E-state index contributed by atoms with van der Waals surface area (Å²) in [6, 6.07) is 4.30. The number of nitrogens with zero attached hydrogens (tertiary/aromatic N) is 3. The van der Waals surface area contributed by atoms with Crippen molar-refractivity contribution in [2.24, 2.45) is 5.92 Å². The SMILES string of the molecule is CC(C)CN(Cn1c(=S)oc2ccc(S(=O)(=O)N3CCOCC3)cc21)CC(F)(F)F. The minimum absolute atomic E-state index is 0.00283. The van der Waals surface area contributed by atoms with Gasteiger partial charge < -0.3 is 9.15 Å². The van der Waals surface area contributed by atoms with Crippen LogP contribution in [0.25, 0.3) is 11.1 Å². The van der Waals surface area contributed by atoms with Crippen LogP contribution in [0.1, 0.15) is 13.8 Å². The summed E-state index contributed by atoms with van der Waals surface area (Å²) < 4.78 is 78.4. The van der Waals surface area contributed by atoms with E-state index in [4.69, 9.17) is 21.4 Å². The highest BCUT2D eigenvalue weighted by atomic mass is 32.2. The molecule has 1 aromatic heterocycles. The van der Waals surface area contributed by atoms with Crippen molar-refractivity contribution in [2.75, 3.05) is 39.4 Å². The minimum atomic E-state index is -4.37. The predicted molar refractivity (Wildman–Crippen MR) is 107 cm³/mol. The van der Waals surface area contributed by atoms with Crippen LogP contribution in [0.2, 0.25) is 0 Å². The molecule has 7 nitrogen and oxygen atoms in total. The molecule has 168 valence electrons. The average Bonchev–Trinajstić information content (AvgIpc) is 2.95. The van der Waals surface area contributed by atoms with E-state index < -0.39 is 22.7 Å². The molecule has 2 heterocycles. The summed E-state index contributed by atoms with van der Waals surface area (Å²) in [7, 11) is -3.77. The Morgan fingerprint density at radius 2 is 1.90 bits per heavy atom. The molecule has 0 N–H and O–H groups in total. The number of ether oxygens (including phenoxy) is 1. The monoisotopic (exact) mass is 467 g/mol. The molecule has 0 unspecified atom stereocenters. The number of aromatic nitrogens is 1. The van der Waals surface area contributed by atoms with E-state index in [2.05, 4.69) is 0 Å². The maximum atomic E-state index is 13.0. The van der Waals surface area contributed by atoms with Gasteiger partial charge in [0.2, 0.25) is 10.0 Å². The predicted octanol–water partition coefficient (Wildman–Crippen LogP) is 3.46. The van der Waals surface area contributed by atoms with Gasteiger partial charge in [-0.25, -0.2) is 8.42 Å². The number of morpholine rings is 1. The number of benzene rings is 1. The Morgan fingerprint density at radius 1 is 1.23 bits per heavy atom. The largest absolute Gasteiger partial charge is 0.429 e. The number of oxazole rings is 1. The summed E-state index contributed by atoms with van der Waals surface area (Å²) in [6.07, 6.45) is -4.37. The molecule has 0 bridgehead atoms. The van der Waals surface area contributed by atoms with Crippen LogP contribution in [0.5, 0.6) is 0 Å². The first kappa shape index (κ1) is 23.2. The lowest BCUT2D eigenvalue weighted by Gasteiger charge is -2.26. The van der Waals surface area contributed by atoms with Gasteiger partial charge in [-0.1, -0.05) is 13.8 Å². The summed E-state index contributed by atoms with van der Waals surface area (Å²) in [6.45, 7) is 3.68. The molecule has 0 amide bonds. The van der Waals surface area contributed by atoms with Crippen molar-refractivity contribution in [3.8, 4) is 0 Å². The third-order valence-electron chi connectivity index (χ3n) is 4.61. The number of sulfonamides is 1. The van der Waals surface area contributed by atoms with Crippen LogP contribution in [0.3, 0.4) is 0 Å². The van der Waals surface area contributed by atoms with Crippen molar-refractivity contribution in [3.63, 3.8) is 0 Å². The number of rotatable bonds is 7. The van der Waals surface area contributed by atoms with E-state index in [9.17, 15) is 21.6 Å². The van der Waals surface area contributed by atoms with E-state index >= 15 is 0 Å². The smallest absolute Gasteiger partial charge is 0.401 e. The maximum Gasteiger partial charge on any atom is 0.401 e. The van der Waals surface area contributed by atoms with Crippen LogP contribution in [-0.2, 0) is 21.4 Å². The lowest BCUT2D eigenvalue weighted by atomic mass is 10.2. The summed E-state index contributed by atoms with van der Waals surface area (Å²) in [4.78, 5) is 1.24. The molecule has 1 aromatic carbocycles. The molecule has 0 atom stereocenters. The van der Waals surface area contributed by atoms with Crippen molar-refractivity contribution in [2.45, 2.75) is 31.6 Å². The van der Waals surface area contributed by atoms with Crippen LogP contribution in [0.4, 0.5) is 13.2 Å². The fourth-order valence-electron chi connectivity index (χ4n) is 3.41. The van der Waals surface area contributed by atoms with Gasteiger partial charge in [0.05, 0.1) is 36.8 Å². The quantitative estimate of drug-likeness (QED) is 0.581. The Labute approximate surface area is 178 Å². The maximum absolute atomic E-state index is 13.0. The highest BCUT2D eigenvalue weighted by Gasteiger charge is 2.32. The molecule has 0 spiro atoms. The van der Waals surface area contributed by atoms with Gasteiger partial charge in [-0.2, -0.15) is 17.5 Å². The molecule has 30 heavy (non-hydrogen) atoms. The Morgan fingerprint density at radius 3 is 2.50 bits per heavy atom. The lowest BCUT2D eigenvalue weighted by Crippen LogP contribution is -2.40. The molecule has 1 saturated heterocycles. The molecule has 12 heteroatoms. The first-order valence-electron chi connectivity index (χ1n) is 9.48. The fraction of sp³-hybridized carbons (Fsp3) is 0.611. The molecule has 0 aliphatic carbocycles. The number of fused-ring (bicyclic) bond motifs is 1. The Hall–Kier alpha value is -1.47. The summed E-state index contributed by atoms with van der Waals surface area (Å²) in [5.41, 5.74) is 0.655. The van der Waals surface area contributed by atoms with Gasteiger partial charge in [0.25, 0.3) is 4.84 Å². The van der Waals surface area contributed by atoms with Gasteiger partial charge in [0.15, 0.2) is 5.58 Å². The van der Waals surface area contributed by atoms with E-state index in [0.29, 0.717) is 24.3 Å². The van der Waals surface area contributed by atoms with Gasteiger partial charge in [-0.05, 0) is 36.3 Å². The van der Waals surface area contributed by atoms with E-state index in [0.717, 1.165) is 0 Å². The molecule has 1 aliphatic rings. The zero-order chi connectivity index (χ0) is 22.1. The van der Waals surface area contributed by atoms with Gasteiger partial charge in [0.1, 0.15) is 0 Å². The normalized spacial score (nSPS) is 16.8. The van der Waals surface area contributed by atoms with E-state index in [1.54, 1.807) is 0 Å². The third kappa shape index (κ3) is 5.41. The zero-order valence-corrected chi connectivity index (χ0v) is 18.3. The van der Waals surface area contributed by atoms with E-state index in [-0.39, 0.29) is 42.0 Å². The Bertz CT molecular complexity index is 1040. The highest BCUT2D eigenvalue weighted by Crippen LogP contribution is 2.26. The molecular formula is C18H24F3N3O4S2. The molecule has 0 radical (unpaired) electrons. The van der Waals surface area contributed by atoms with Gasteiger partial charge >= 0.3 is 6.18 Å². The summed E-state index contributed by atoms with van der Waals surface area (Å²) >= 11 is 5.20. The second-order valence-electron chi connectivity index (χ2n) is 7.60. The average molecular weight is 468 g/mol. The van der Waals surface area contributed by atoms with Crippen LogP contribution in [0.15, 0.2) is 27.5 Å². The van der Waals surface area contributed by atoms with E-state index in [1.807, 2.05) is 13.8 Å². The molecule has 1 fully saturated rings. The molecular weight excluding hydrogens is 443 g/mol. The molecule has 1 aliphatic heterocycles. The second-order valence-corrected chi connectivity index (χ2v) is 9.89. The third-order valence-corrected chi connectivity index (χ3v) is 6.81. The highest BCUT2D eigenvalue weighted by molar-refractivity contribution is 7.89. The second kappa shape index (κ2) is 8.95. The number of hydrogen-bond donors (Lipinski definition) is 0. The summed E-state index contributed by atoms with van der Waals surface area (Å²) in [5, 5.41) is 0. The zero-order valence-electron chi connectivity index (χ0n) is 16.7. The van der Waals surface area contributed by atoms with Crippen molar-refractivity contribution in [1.29, 1.82) is 0 Å². The molecule has 3 rings (SSSR count). The van der Waals surface area contributed by atoms with Crippen LogP contribution in [0, 0.1) is 10.8 Å².